The molecule has 3 aromatic heterocycles. The van der Waals surface area contributed by atoms with Gasteiger partial charge in [0.1, 0.15) is 11.7 Å². The number of nitrogens with zero attached hydrogens (tertiary/aromatic N) is 6. The van der Waals surface area contributed by atoms with E-state index in [9.17, 15) is 18.8 Å². The molecule has 8 rings (SSSR count). The highest BCUT2D eigenvalue weighted by Crippen LogP contribution is 2.46. The molecule has 43 heavy (non-hydrogen) atoms. The maximum Gasteiger partial charge on any atom is 0.255 e. The largest absolute Gasteiger partial charge is 0.385 e. The number of pyridine rings is 1. The summed E-state index contributed by atoms with van der Waals surface area (Å²) >= 11 is 0. The molecular formula is C31H31FN8O3. The molecule has 2 N–H and O–H groups in total. The number of carbonyl (C=O) groups excluding carboxylic acids is 3. The zero-order valence-electron chi connectivity index (χ0n) is 23.7. The molecule has 220 valence electrons. The van der Waals surface area contributed by atoms with Gasteiger partial charge in [-0.1, -0.05) is 0 Å². The van der Waals surface area contributed by atoms with Crippen LogP contribution < -0.4 is 10.6 Å². The van der Waals surface area contributed by atoms with E-state index in [1.807, 2.05) is 25.2 Å². The average Bonchev–Trinajstić information content (AvgIpc) is 3.51. The van der Waals surface area contributed by atoms with Crippen LogP contribution in [-0.4, -0.2) is 59.8 Å². The maximum absolute atomic E-state index is 14.8. The molecule has 1 atom stereocenters. The third kappa shape index (κ3) is 4.38. The first-order valence-electron chi connectivity index (χ1n) is 14.9. The van der Waals surface area contributed by atoms with Gasteiger partial charge in [0, 0.05) is 55.5 Å². The number of amides is 3. The quantitative estimate of drug-likeness (QED) is 0.319. The maximum atomic E-state index is 14.8. The Morgan fingerprint density at radius 3 is 2.70 bits per heavy atom. The predicted molar refractivity (Wildman–Crippen MR) is 154 cm³/mol. The van der Waals surface area contributed by atoms with Gasteiger partial charge in [-0.15, -0.1) is 0 Å². The van der Waals surface area contributed by atoms with E-state index in [0.29, 0.717) is 47.0 Å². The molecule has 11 nitrogen and oxygen atoms in total. The molecular weight excluding hydrogens is 551 g/mol. The molecule has 1 aromatic carbocycles. The van der Waals surface area contributed by atoms with Crippen molar-refractivity contribution in [2.24, 2.45) is 13.0 Å². The lowest BCUT2D eigenvalue weighted by molar-refractivity contribution is -0.136. The Morgan fingerprint density at radius 2 is 1.91 bits per heavy atom. The number of aromatic nitrogens is 5. The van der Waals surface area contributed by atoms with E-state index in [1.165, 1.54) is 6.20 Å². The number of imide groups is 1. The lowest BCUT2D eigenvalue weighted by Crippen LogP contribution is -2.52. The third-order valence-electron chi connectivity index (χ3n) is 9.40. The Hall–Kier alpha value is -4.61. The van der Waals surface area contributed by atoms with Crippen LogP contribution in [0.3, 0.4) is 0 Å². The van der Waals surface area contributed by atoms with E-state index in [-0.39, 0.29) is 30.1 Å². The molecule has 2 saturated carbocycles. The van der Waals surface area contributed by atoms with Crippen molar-refractivity contribution in [1.82, 2.24) is 34.8 Å². The minimum Gasteiger partial charge on any atom is -0.385 e. The van der Waals surface area contributed by atoms with E-state index in [2.05, 4.69) is 31.6 Å². The number of piperidine rings is 1. The normalized spacial score (nSPS) is 23.4. The highest BCUT2D eigenvalue weighted by Gasteiger charge is 2.39. The molecule has 1 saturated heterocycles. The van der Waals surface area contributed by atoms with Gasteiger partial charge in [-0.3, -0.25) is 34.0 Å². The van der Waals surface area contributed by atoms with Crippen molar-refractivity contribution in [2.45, 2.75) is 63.1 Å². The summed E-state index contributed by atoms with van der Waals surface area (Å²) in [7, 11) is 1.81. The van der Waals surface area contributed by atoms with E-state index in [1.54, 1.807) is 15.8 Å². The van der Waals surface area contributed by atoms with Gasteiger partial charge in [-0.25, -0.2) is 4.39 Å². The van der Waals surface area contributed by atoms with Crippen LogP contribution in [0, 0.1) is 11.7 Å². The van der Waals surface area contributed by atoms with Crippen molar-refractivity contribution in [2.75, 3.05) is 11.9 Å². The fourth-order valence-electron chi connectivity index (χ4n) is 6.81. The molecule has 3 fully saturated rings. The highest BCUT2D eigenvalue weighted by atomic mass is 19.1. The lowest BCUT2D eigenvalue weighted by Gasteiger charge is -2.35. The van der Waals surface area contributed by atoms with Crippen molar-refractivity contribution in [3.63, 3.8) is 0 Å². The summed E-state index contributed by atoms with van der Waals surface area (Å²) in [5.74, 6) is -0.364. The second-order valence-electron chi connectivity index (χ2n) is 12.3. The van der Waals surface area contributed by atoms with Gasteiger partial charge in [0.15, 0.2) is 5.82 Å². The molecule has 2 aliphatic heterocycles. The second kappa shape index (κ2) is 9.72. The summed E-state index contributed by atoms with van der Waals surface area (Å²) < 4.78 is 18.6. The predicted octanol–water partition coefficient (Wildman–Crippen LogP) is 3.67. The minimum absolute atomic E-state index is 0.167. The number of rotatable bonds is 7. The Morgan fingerprint density at radius 1 is 1.07 bits per heavy atom. The van der Waals surface area contributed by atoms with Gasteiger partial charge < -0.3 is 10.2 Å². The third-order valence-corrected chi connectivity index (χ3v) is 9.40. The van der Waals surface area contributed by atoms with E-state index < -0.39 is 11.9 Å². The number of aryl methyl sites for hydroxylation is 1. The molecule has 12 heteroatoms. The van der Waals surface area contributed by atoms with E-state index >= 15 is 0 Å². The Labute approximate surface area is 246 Å². The van der Waals surface area contributed by atoms with Crippen LogP contribution in [0.1, 0.15) is 72.1 Å². The van der Waals surface area contributed by atoms with Gasteiger partial charge >= 0.3 is 0 Å². The smallest absolute Gasteiger partial charge is 0.255 e. The number of fused-ring (bicyclic) bond motifs is 2. The summed E-state index contributed by atoms with van der Waals surface area (Å²) in [4.78, 5) is 42.4. The first kappa shape index (κ1) is 26.1. The summed E-state index contributed by atoms with van der Waals surface area (Å²) in [6.07, 6.45) is 9.67. The van der Waals surface area contributed by atoms with Crippen LogP contribution in [0.25, 0.3) is 22.2 Å². The van der Waals surface area contributed by atoms with Crippen molar-refractivity contribution in [3.8, 4) is 11.3 Å². The Balaban J connectivity index is 0.928. The topological polar surface area (TPSA) is 127 Å². The van der Waals surface area contributed by atoms with Crippen LogP contribution in [0.5, 0.6) is 0 Å². The number of carbonyl (C=O) groups is 3. The van der Waals surface area contributed by atoms with Gasteiger partial charge in [0.05, 0.1) is 35.0 Å². The van der Waals surface area contributed by atoms with Crippen molar-refractivity contribution in [1.29, 1.82) is 0 Å². The summed E-state index contributed by atoms with van der Waals surface area (Å²) in [6.45, 7) is 1.16. The number of nitrogens with one attached hydrogen (secondary N) is 2. The zero-order chi connectivity index (χ0) is 29.4. The van der Waals surface area contributed by atoms with Crippen molar-refractivity contribution in [3.05, 3.63) is 59.4 Å². The van der Waals surface area contributed by atoms with E-state index in [4.69, 9.17) is 5.10 Å². The number of hydrogen-bond donors (Lipinski definition) is 2. The molecule has 0 radical (unpaired) electrons. The van der Waals surface area contributed by atoms with Crippen LogP contribution in [0.2, 0.25) is 0 Å². The summed E-state index contributed by atoms with van der Waals surface area (Å²) in [5.41, 5.74) is 5.66. The van der Waals surface area contributed by atoms with Crippen LogP contribution in [-0.2, 0) is 23.2 Å². The number of halogens is 1. The molecule has 5 heterocycles. The minimum atomic E-state index is -0.614. The SMILES string of the molecule is Cn1nc(-c2cn([C@H]3C[C@H](CNc4ccc5c(c4)CN(C4CCC(=O)NC4=O)C5=O)C3)nc2C2CC2)c2c(F)cncc21. The summed E-state index contributed by atoms with van der Waals surface area (Å²) in [5, 5.41) is 16.0. The van der Waals surface area contributed by atoms with Gasteiger partial charge in [-0.2, -0.15) is 10.2 Å². The van der Waals surface area contributed by atoms with Crippen molar-refractivity contribution < 1.29 is 18.8 Å². The Bertz CT molecular complexity index is 1820. The van der Waals surface area contributed by atoms with Gasteiger partial charge in [0.25, 0.3) is 5.91 Å². The molecule has 0 bridgehead atoms. The van der Waals surface area contributed by atoms with Crippen LogP contribution in [0.4, 0.5) is 10.1 Å². The van der Waals surface area contributed by atoms with Crippen LogP contribution >= 0.6 is 0 Å². The van der Waals surface area contributed by atoms with Gasteiger partial charge in [0.2, 0.25) is 11.8 Å². The lowest BCUT2D eigenvalue weighted by atomic mass is 9.80. The second-order valence-corrected chi connectivity index (χ2v) is 12.3. The zero-order valence-corrected chi connectivity index (χ0v) is 23.7. The molecule has 3 amide bonds. The average molecular weight is 583 g/mol. The standard InChI is InChI=1S/C31H31FN8O3/c1-38-25-13-33-12-23(32)27(25)29(36-38)22-15-40(37-28(22)17-2-3-17)20-8-16(9-20)11-34-19-4-5-21-18(10-19)14-39(31(21)43)24-6-7-26(41)35-30(24)42/h4-5,10,12-13,15-17,20,24,34H,2-3,6-9,11,14H2,1H3,(H,35,41,42)/t16-,20-,24?. The number of benzene rings is 1. The molecule has 4 aromatic rings. The Kier molecular flexibility index (Phi) is 5.89. The summed E-state index contributed by atoms with van der Waals surface area (Å²) in [6, 6.07) is 5.38. The molecule has 1 unspecified atom stereocenters. The highest BCUT2D eigenvalue weighted by molar-refractivity contribution is 6.05. The fraction of sp³-hybridized carbons (Fsp3) is 0.419. The number of anilines is 1. The molecule has 0 spiro atoms. The first-order valence-corrected chi connectivity index (χ1v) is 14.9. The van der Waals surface area contributed by atoms with Gasteiger partial charge in [-0.05, 0) is 61.8 Å². The molecule has 4 aliphatic rings. The van der Waals surface area contributed by atoms with Crippen LogP contribution in [0.15, 0.2) is 36.8 Å². The van der Waals surface area contributed by atoms with E-state index in [0.717, 1.165) is 54.7 Å². The first-order chi connectivity index (χ1) is 20.8. The fourth-order valence-corrected chi connectivity index (χ4v) is 6.81. The van der Waals surface area contributed by atoms with Crippen molar-refractivity contribution >= 4 is 34.3 Å². The number of hydrogen-bond acceptors (Lipinski definition) is 7. The monoisotopic (exact) mass is 582 g/mol. The molecule has 2 aliphatic carbocycles.